The Bertz CT molecular complexity index is 553. The monoisotopic (exact) mass is 339 g/mol. The van der Waals surface area contributed by atoms with Gasteiger partial charge in [0.2, 0.25) is 5.91 Å². The summed E-state index contributed by atoms with van der Waals surface area (Å²) in [6.07, 6.45) is 2.72. The fraction of sp³-hybridized carbons (Fsp3) is 0.625. The highest BCUT2D eigenvalue weighted by Crippen LogP contribution is 2.17. The van der Waals surface area contributed by atoms with E-state index in [4.69, 9.17) is 5.11 Å². The van der Waals surface area contributed by atoms with Crippen LogP contribution in [0.3, 0.4) is 0 Å². The van der Waals surface area contributed by atoms with Crippen LogP contribution in [-0.2, 0) is 16.0 Å². The first-order chi connectivity index (χ1) is 10.7. The molecule has 0 aromatic carbocycles. The maximum Gasteiger partial charge on any atom is 0.323 e. The summed E-state index contributed by atoms with van der Waals surface area (Å²) >= 11 is 1.49. The number of carboxylic acids is 1. The van der Waals surface area contributed by atoms with Crippen molar-refractivity contribution in [3.63, 3.8) is 0 Å². The first-order valence-corrected chi connectivity index (χ1v) is 8.84. The van der Waals surface area contributed by atoms with E-state index in [-0.39, 0.29) is 24.8 Å². The van der Waals surface area contributed by atoms with Gasteiger partial charge in [0.1, 0.15) is 6.54 Å². The van der Waals surface area contributed by atoms with E-state index in [1.54, 1.807) is 0 Å². The van der Waals surface area contributed by atoms with Gasteiger partial charge in [-0.05, 0) is 38.0 Å². The summed E-state index contributed by atoms with van der Waals surface area (Å²) in [6.45, 7) is 7.95. The van der Waals surface area contributed by atoms with Gasteiger partial charge in [-0.3, -0.25) is 9.59 Å². The van der Waals surface area contributed by atoms with Crippen molar-refractivity contribution >= 4 is 23.6 Å². The molecule has 0 spiro atoms. The molecule has 7 heteroatoms. The van der Waals surface area contributed by atoms with Gasteiger partial charge in [-0.25, -0.2) is 9.97 Å². The van der Waals surface area contributed by atoms with Gasteiger partial charge in [0, 0.05) is 24.4 Å². The van der Waals surface area contributed by atoms with Gasteiger partial charge in [0.15, 0.2) is 5.16 Å². The van der Waals surface area contributed by atoms with Crippen LogP contribution in [0.1, 0.15) is 37.2 Å². The van der Waals surface area contributed by atoms with Gasteiger partial charge in [-0.2, -0.15) is 0 Å². The molecule has 0 aliphatic rings. The van der Waals surface area contributed by atoms with Crippen LogP contribution < -0.4 is 0 Å². The van der Waals surface area contributed by atoms with Crippen LogP contribution in [0.5, 0.6) is 0 Å². The predicted octanol–water partition coefficient (Wildman–Crippen LogP) is 2.32. The minimum Gasteiger partial charge on any atom is -0.480 e. The quantitative estimate of drug-likeness (QED) is 0.578. The van der Waals surface area contributed by atoms with Crippen molar-refractivity contribution in [3.8, 4) is 0 Å². The highest BCUT2D eigenvalue weighted by Gasteiger charge is 2.19. The van der Waals surface area contributed by atoms with Crippen molar-refractivity contribution in [2.24, 2.45) is 5.92 Å². The number of carbonyl (C=O) groups excluding carboxylic acids is 1. The van der Waals surface area contributed by atoms with Crippen LogP contribution in [-0.4, -0.2) is 51.2 Å². The second-order valence-electron chi connectivity index (χ2n) is 5.92. The number of carboxylic acid groups (broad SMARTS) is 1. The van der Waals surface area contributed by atoms with E-state index >= 15 is 0 Å². The van der Waals surface area contributed by atoms with Crippen molar-refractivity contribution in [2.45, 2.75) is 45.7 Å². The number of hydrogen-bond donors (Lipinski definition) is 1. The Morgan fingerprint density at radius 2 is 1.78 bits per heavy atom. The van der Waals surface area contributed by atoms with Crippen LogP contribution in [0.4, 0.5) is 0 Å². The zero-order valence-electron chi connectivity index (χ0n) is 14.4. The Kier molecular flexibility index (Phi) is 7.48. The van der Waals surface area contributed by atoms with E-state index in [0.29, 0.717) is 13.0 Å². The number of carbonyl (C=O) groups is 2. The van der Waals surface area contributed by atoms with Crippen LogP contribution >= 0.6 is 11.8 Å². The second-order valence-corrected chi connectivity index (χ2v) is 6.69. The second kappa shape index (κ2) is 8.86. The van der Waals surface area contributed by atoms with Gasteiger partial charge in [-0.15, -0.1) is 0 Å². The zero-order chi connectivity index (χ0) is 17.6. The number of amides is 1. The number of aromatic nitrogens is 2. The van der Waals surface area contributed by atoms with Crippen LogP contribution in [0.15, 0.2) is 5.16 Å². The molecule has 1 heterocycles. The highest BCUT2D eigenvalue weighted by molar-refractivity contribution is 7.98. The summed E-state index contributed by atoms with van der Waals surface area (Å²) in [5, 5.41) is 9.69. The van der Waals surface area contributed by atoms with E-state index in [1.807, 2.05) is 34.0 Å². The molecule has 0 atom stereocenters. The number of hydrogen-bond acceptors (Lipinski definition) is 5. The number of aliphatic carboxylic acids is 1. The molecule has 6 nitrogen and oxygen atoms in total. The molecule has 0 saturated carbocycles. The average Bonchev–Trinajstić information content (AvgIpc) is 2.44. The molecule has 0 bridgehead atoms. The molecule has 1 rings (SSSR count). The summed E-state index contributed by atoms with van der Waals surface area (Å²) in [5.74, 6) is -0.904. The minimum absolute atomic E-state index is 0.145. The fourth-order valence-corrected chi connectivity index (χ4v) is 2.87. The highest BCUT2D eigenvalue weighted by atomic mass is 32.2. The lowest BCUT2D eigenvalue weighted by Gasteiger charge is -2.23. The molecule has 128 valence electrons. The Labute approximate surface area is 141 Å². The summed E-state index contributed by atoms with van der Waals surface area (Å²) in [5.41, 5.74) is 2.72. The maximum atomic E-state index is 12.4. The third kappa shape index (κ3) is 6.17. The molecule has 0 aliphatic carbocycles. The molecular formula is C16H25N3O3S. The minimum atomic E-state index is -0.987. The smallest absolute Gasteiger partial charge is 0.323 e. The molecule has 1 aromatic rings. The van der Waals surface area contributed by atoms with Crippen molar-refractivity contribution in [2.75, 3.05) is 19.3 Å². The van der Waals surface area contributed by atoms with E-state index in [0.717, 1.165) is 22.1 Å². The molecule has 0 aliphatic heterocycles. The van der Waals surface area contributed by atoms with Crippen molar-refractivity contribution in [3.05, 3.63) is 17.0 Å². The van der Waals surface area contributed by atoms with Crippen LogP contribution in [0.25, 0.3) is 0 Å². The first kappa shape index (κ1) is 19.4. The Morgan fingerprint density at radius 1 is 1.22 bits per heavy atom. The average molecular weight is 339 g/mol. The first-order valence-electron chi connectivity index (χ1n) is 7.62. The van der Waals surface area contributed by atoms with Crippen molar-refractivity contribution < 1.29 is 14.7 Å². The molecule has 1 aromatic heterocycles. The standard InChI is InChI=1S/C16H25N3O3S/c1-10(2)8-19(9-15(21)22)14(20)7-6-13-11(3)17-16(23-5)18-12(13)4/h10H,6-9H2,1-5H3,(H,21,22). The van der Waals surface area contributed by atoms with Gasteiger partial charge < -0.3 is 10.0 Å². The predicted molar refractivity (Wildman–Crippen MR) is 90.7 cm³/mol. The Hall–Kier alpha value is -1.63. The molecular weight excluding hydrogens is 314 g/mol. The summed E-state index contributed by atoms with van der Waals surface area (Å²) in [4.78, 5) is 33.5. The molecule has 0 saturated heterocycles. The lowest BCUT2D eigenvalue weighted by atomic mass is 10.1. The van der Waals surface area contributed by atoms with Gasteiger partial charge in [0.05, 0.1) is 0 Å². The normalized spacial score (nSPS) is 10.9. The van der Waals surface area contributed by atoms with Gasteiger partial charge >= 0.3 is 5.97 Å². The SMILES string of the molecule is CSc1nc(C)c(CCC(=O)N(CC(=O)O)CC(C)C)c(C)n1. The molecule has 0 fully saturated rings. The van der Waals surface area contributed by atoms with E-state index in [9.17, 15) is 9.59 Å². The third-order valence-corrected chi connectivity index (χ3v) is 3.98. The van der Waals surface area contributed by atoms with Gasteiger partial charge in [0.25, 0.3) is 0 Å². The number of rotatable bonds is 8. The number of aryl methyl sites for hydroxylation is 2. The van der Waals surface area contributed by atoms with Crippen LogP contribution in [0, 0.1) is 19.8 Å². The van der Waals surface area contributed by atoms with E-state index in [2.05, 4.69) is 9.97 Å². The summed E-state index contributed by atoms with van der Waals surface area (Å²) in [6, 6.07) is 0. The largest absolute Gasteiger partial charge is 0.480 e. The molecule has 0 radical (unpaired) electrons. The Balaban J connectivity index is 2.79. The summed E-state index contributed by atoms with van der Waals surface area (Å²) < 4.78 is 0. The molecule has 0 unspecified atom stereocenters. The lowest BCUT2D eigenvalue weighted by molar-refractivity contribution is -0.144. The lowest BCUT2D eigenvalue weighted by Crippen LogP contribution is -2.38. The van der Waals surface area contributed by atoms with Gasteiger partial charge in [-0.1, -0.05) is 25.6 Å². The maximum absolute atomic E-state index is 12.4. The van der Waals surface area contributed by atoms with Crippen molar-refractivity contribution in [1.29, 1.82) is 0 Å². The Morgan fingerprint density at radius 3 is 2.22 bits per heavy atom. The van der Waals surface area contributed by atoms with Crippen LogP contribution in [0.2, 0.25) is 0 Å². The fourth-order valence-electron chi connectivity index (χ4n) is 2.41. The van der Waals surface area contributed by atoms with E-state index in [1.165, 1.54) is 16.7 Å². The topological polar surface area (TPSA) is 83.4 Å². The molecule has 23 heavy (non-hydrogen) atoms. The third-order valence-electron chi connectivity index (χ3n) is 3.44. The zero-order valence-corrected chi connectivity index (χ0v) is 15.2. The van der Waals surface area contributed by atoms with E-state index < -0.39 is 5.97 Å². The van der Waals surface area contributed by atoms with Crippen molar-refractivity contribution in [1.82, 2.24) is 14.9 Å². The number of thioether (sulfide) groups is 1. The molecule has 1 N–H and O–H groups in total. The summed E-state index contributed by atoms with van der Waals surface area (Å²) in [7, 11) is 0. The molecule has 1 amide bonds. The number of nitrogens with zero attached hydrogens (tertiary/aromatic N) is 3.